The highest BCUT2D eigenvalue weighted by atomic mass is 32.2. The fraction of sp³-hybridized carbons (Fsp3) is 0.571. The minimum atomic E-state index is -4.20. The molecule has 1 saturated heterocycles. The highest BCUT2D eigenvalue weighted by Gasteiger charge is 2.23. The molecule has 0 atom stereocenters. The van der Waals surface area contributed by atoms with Crippen LogP contribution in [0.5, 0.6) is 0 Å². The molecule has 0 radical (unpaired) electrons. The molecule has 1 aromatic rings. The van der Waals surface area contributed by atoms with Crippen molar-refractivity contribution in [3.63, 3.8) is 0 Å². The molecule has 0 spiro atoms. The fourth-order valence-corrected chi connectivity index (χ4v) is 3.52. The van der Waals surface area contributed by atoms with Crippen LogP contribution >= 0.6 is 0 Å². The van der Waals surface area contributed by atoms with Gasteiger partial charge in [-0.25, -0.2) is 26.3 Å². The van der Waals surface area contributed by atoms with Crippen LogP contribution in [0.25, 0.3) is 0 Å². The molecule has 1 aliphatic rings. The number of nitrogens with zero attached hydrogens (tertiary/aromatic N) is 2. The van der Waals surface area contributed by atoms with Gasteiger partial charge < -0.3 is 9.80 Å². The topological polar surface area (TPSA) is 52.6 Å². The first-order chi connectivity index (χ1) is 10.8. The monoisotopic (exact) mass is 351 g/mol. The van der Waals surface area contributed by atoms with Crippen molar-refractivity contribution < 1.29 is 21.6 Å². The van der Waals surface area contributed by atoms with Gasteiger partial charge in [0, 0.05) is 32.7 Å². The van der Waals surface area contributed by atoms with E-state index in [9.17, 15) is 21.6 Å². The highest BCUT2D eigenvalue weighted by Crippen LogP contribution is 2.19. The average Bonchev–Trinajstić information content (AvgIpc) is 2.51. The van der Waals surface area contributed by atoms with Gasteiger partial charge in [-0.1, -0.05) is 0 Å². The molecule has 1 aliphatic heterocycles. The van der Waals surface area contributed by atoms with E-state index in [4.69, 9.17) is 0 Å². The number of hydrogen-bond donors (Lipinski definition) is 1. The van der Waals surface area contributed by atoms with Gasteiger partial charge in [0.1, 0.15) is 4.90 Å². The molecule has 130 valence electrons. The smallest absolute Gasteiger partial charge is 0.243 e. The lowest BCUT2D eigenvalue weighted by atomic mass is 10.3. The minimum absolute atomic E-state index is 0.104. The molecule has 5 nitrogen and oxygen atoms in total. The molecule has 0 aromatic heterocycles. The van der Waals surface area contributed by atoms with Gasteiger partial charge in [-0.2, -0.15) is 0 Å². The normalized spacial score (nSPS) is 17.6. The number of halogens is 3. The molecule has 23 heavy (non-hydrogen) atoms. The number of piperazine rings is 1. The molecule has 2 rings (SSSR count). The predicted molar refractivity (Wildman–Crippen MR) is 80.1 cm³/mol. The summed E-state index contributed by atoms with van der Waals surface area (Å²) in [6.07, 6.45) is 0.550. The first kappa shape index (κ1) is 18.2. The van der Waals surface area contributed by atoms with Crippen LogP contribution in [0, 0.1) is 17.5 Å². The molecule has 1 aromatic carbocycles. The number of nitrogens with one attached hydrogen (secondary N) is 1. The zero-order chi connectivity index (χ0) is 17.0. The van der Waals surface area contributed by atoms with Crippen LogP contribution in [0.2, 0.25) is 0 Å². The van der Waals surface area contributed by atoms with Crippen molar-refractivity contribution in [3.05, 3.63) is 29.6 Å². The maximum atomic E-state index is 13.5. The van der Waals surface area contributed by atoms with Crippen LogP contribution in [0.15, 0.2) is 17.0 Å². The van der Waals surface area contributed by atoms with Gasteiger partial charge >= 0.3 is 0 Å². The number of benzene rings is 1. The number of likely N-dealkylation sites (N-methyl/N-ethyl adjacent to an activating group) is 1. The van der Waals surface area contributed by atoms with Crippen molar-refractivity contribution in [1.29, 1.82) is 0 Å². The van der Waals surface area contributed by atoms with Crippen LogP contribution in [0.1, 0.15) is 6.42 Å². The Morgan fingerprint density at radius 1 is 1.09 bits per heavy atom. The van der Waals surface area contributed by atoms with Crippen LogP contribution < -0.4 is 4.72 Å². The van der Waals surface area contributed by atoms with E-state index in [0.29, 0.717) is 12.5 Å². The van der Waals surface area contributed by atoms with Crippen LogP contribution in [0.3, 0.4) is 0 Å². The summed E-state index contributed by atoms with van der Waals surface area (Å²) in [5, 5.41) is 0. The summed E-state index contributed by atoms with van der Waals surface area (Å²) < 4.78 is 65.6. The predicted octanol–water partition coefficient (Wildman–Crippen LogP) is 1.02. The third-order valence-corrected chi connectivity index (χ3v) is 5.31. The van der Waals surface area contributed by atoms with E-state index in [1.165, 1.54) is 0 Å². The maximum absolute atomic E-state index is 13.5. The van der Waals surface area contributed by atoms with Gasteiger partial charge in [0.25, 0.3) is 0 Å². The molecule has 1 fully saturated rings. The summed E-state index contributed by atoms with van der Waals surface area (Å²) in [4.78, 5) is 3.55. The highest BCUT2D eigenvalue weighted by molar-refractivity contribution is 7.89. The zero-order valence-electron chi connectivity index (χ0n) is 12.9. The van der Waals surface area contributed by atoms with Gasteiger partial charge in [-0.05, 0) is 32.1 Å². The zero-order valence-corrected chi connectivity index (χ0v) is 13.7. The van der Waals surface area contributed by atoms with Crippen LogP contribution in [-0.4, -0.2) is 64.5 Å². The molecular formula is C14H20F3N3O2S. The number of sulfonamides is 1. The van der Waals surface area contributed by atoms with Crippen molar-refractivity contribution in [2.45, 2.75) is 11.3 Å². The van der Waals surface area contributed by atoms with Crippen molar-refractivity contribution in [2.24, 2.45) is 0 Å². The van der Waals surface area contributed by atoms with E-state index >= 15 is 0 Å². The van der Waals surface area contributed by atoms with Crippen molar-refractivity contribution in [1.82, 2.24) is 14.5 Å². The Bertz CT molecular complexity index is 647. The van der Waals surface area contributed by atoms with Crippen LogP contribution in [0.4, 0.5) is 13.2 Å². The SMILES string of the molecule is CN1CCN(CCCNS(=O)(=O)c2ccc(F)c(F)c2F)CC1. The Morgan fingerprint density at radius 2 is 1.74 bits per heavy atom. The lowest BCUT2D eigenvalue weighted by Gasteiger charge is -2.32. The second kappa shape index (κ2) is 7.61. The molecule has 1 N–H and O–H groups in total. The van der Waals surface area contributed by atoms with Gasteiger partial charge in [0.05, 0.1) is 0 Å². The molecule has 0 bridgehead atoms. The molecular weight excluding hydrogens is 331 g/mol. The van der Waals surface area contributed by atoms with E-state index in [0.717, 1.165) is 38.8 Å². The third-order valence-electron chi connectivity index (χ3n) is 3.83. The quantitative estimate of drug-likeness (QED) is 0.614. The lowest BCUT2D eigenvalue weighted by molar-refractivity contribution is 0.153. The summed E-state index contributed by atoms with van der Waals surface area (Å²) in [5.74, 6) is -4.90. The summed E-state index contributed by atoms with van der Waals surface area (Å²) in [6, 6.07) is 1.31. The molecule has 1 heterocycles. The van der Waals surface area contributed by atoms with Gasteiger partial charge in [0.2, 0.25) is 10.0 Å². The first-order valence-corrected chi connectivity index (χ1v) is 8.83. The molecule has 9 heteroatoms. The largest absolute Gasteiger partial charge is 0.304 e. The van der Waals surface area contributed by atoms with E-state index in [1.54, 1.807) is 0 Å². The third kappa shape index (κ3) is 4.66. The summed E-state index contributed by atoms with van der Waals surface area (Å²) in [7, 11) is -2.16. The molecule has 0 amide bonds. The molecule has 0 aliphatic carbocycles. The molecule has 0 unspecified atom stereocenters. The fourth-order valence-electron chi connectivity index (χ4n) is 2.37. The molecule has 0 saturated carbocycles. The average molecular weight is 351 g/mol. The van der Waals surface area contributed by atoms with E-state index in [2.05, 4.69) is 14.5 Å². The second-order valence-electron chi connectivity index (χ2n) is 5.57. The van der Waals surface area contributed by atoms with Crippen molar-refractivity contribution in [2.75, 3.05) is 46.3 Å². The Hall–Kier alpha value is -1.16. The number of hydrogen-bond acceptors (Lipinski definition) is 4. The lowest BCUT2D eigenvalue weighted by Crippen LogP contribution is -2.45. The van der Waals surface area contributed by atoms with Gasteiger partial charge in [-0.3, -0.25) is 0 Å². The van der Waals surface area contributed by atoms with Crippen LogP contribution in [-0.2, 0) is 10.0 Å². The Balaban J connectivity index is 1.86. The first-order valence-electron chi connectivity index (χ1n) is 7.35. The van der Waals surface area contributed by atoms with Gasteiger partial charge in [-0.15, -0.1) is 0 Å². The van der Waals surface area contributed by atoms with Gasteiger partial charge in [0.15, 0.2) is 17.5 Å². The Kier molecular flexibility index (Phi) is 6.01. The maximum Gasteiger partial charge on any atom is 0.243 e. The van der Waals surface area contributed by atoms with E-state index in [-0.39, 0.29) is 6.54 Å². The van der Waals surface area contributed by atoms with Crippen molar-refractivity contribution in [3.8, 4) is 0 Å². The summed E-state index contributed by atoms with van der Waals surface area (Å²) >= 11 is 0. The van der Waals surface area contributed by atoms with E-state index in [1.807, 2.05) is 7.05 Å². The summed E-state index contributed by atoms with van der Waals surface area (Å²) in [6.45, 7) is 4.59. The van der Waals surface area contributed by atoms with Crippen molar-refractivity contribution >= 4 is 10.0 Å². The minimum Gasteiger partial charge on any atom is -0.304 e. The van der Waals surface area contributed by atoms with E-state index < -0.39 is 32.4 Å². The Morgan fingerprint density at radius 3 is 2.39 bits per heavy atom. The Labute approximate surface area is 134 Å². The number of rotatable bonds is 6. The standard InChI is InChI=1S/C14H20F3N3O2S/c1-19-7-9-20(10-8-19)6-2-5-18-23(21,22)12-4-3-11(15)13(16)14(12)17/h3-4,18H,2,5-10H2,1H3. The second-order valence-corrected chi connectivity index (χ2v) is 7.31. The summed E-state index contributed by atoms with van der Waals surface area (Å²) in [5.41, 5.74) is 0.